The molecule has 52 valence electrons. The van der Waals surface area contributed by atoms with E-state index in [4.69, 9.17) is 0 Å². The predicted molar refractivity (Wildman–Crippen MR) is 37.6 cm³/mol. The van der Waals surface area contributed by atoms with Crippen LogP contribution in [0.2, 0.25) is 0 Å². The fourth-order valence-electron chi connectivity index (χ4n) is 1.23. The number of hydrogen-bond donors (Lipinski definition) is 0. The summed E-state index contributed by atoms with van der Waals surface area (Å²) in [5, 5.41) is 10.9. The average Bonchev–Trinajstić information content (AvgIpc) is 1.89. The Kier molecular flexibility index (Phi) is 2.09. The van der Waals surface area contributed by atoms with Crippen molar-refractivity contribution in [1.82, 2.24) is 0 Å². The monoisotopic (exact) mass is 127 g/mol. The van der Waals surface area contributed by atoms with E-state index < -0.39 is 0 Å². The summed E-state index contributed by atoms with van der Waals surface area (Å²) in [7, 11) is 0. The summed E-state index contributed by atoms with van der Waals surface area (Å²) in [5.41, 5.74) is 0. The van der Waals surface area contributed by atoms with E-state index in [0.717, 1.165) is 24.0 Å². The molecule has 0 aromatic carbocycles. The Balaban J connectivity index is 2.50. The van der Waals surface area contributed by atoms with Gasteiger partial charge in [-0.2, -0.15) is 0 Å². The number of hydroxylamine groups is 1. The Morgan fingerprint density at radius 3 is 3.00 bits per heavy atom. The first-order chi connectivity index (χ1) is 4.34. The number of nitrogens with zero attached hydrogens (tertiary/aromatic N) is 1. The quantitative estimate of drug-likeness (QED) is 0.387. The maximum absolute atomic E-state index is 10.9. The lowest BCUT2D eigenvalue weighted by Gasteiger charge is -2.18. The maximum atomic E-state index is 10.9. The molecule has 1 heterocycles. The normalized spacial score (nSPS) is 27.7. The van der Waals surface area contributed by atoms with E-state index in [-0.39, 0.29) is 6.04 Å². The van der Waals surface area contributed by atoms with Gasteiger partial charge in [-0.3, -0.25) is 0 Å². The van der Waals surface area contributed by atoms with Gasteiger partial charge in [0, 0.05) is 19.3 Å². The zero-order chi connectivity index (χ0) is 6.69. The maximum Gasteiger partial charge on any atom is 0.162 e. The zero-order valence-electron chi connectivity index (χ0n) is 5.84. The van der Waals surface area contributed by atoms with Gasteiger partial charge < -0.3 is 5.21 Å². The van der Waals surface area contributed by atoms with E-state index in [9.17, 15) is 5.21 Å². The van der Waals surface area contributed by atoms with Gasteiger partial charge in [-0.1, -0.05) is 6.92 Å². The largest absolute Gasteiger partial charge is 0.624 e. The Labute approximate surface area is 55.8 Å². The molecule has 2 heteroatoms. The summed E-state index contributed by atoms with van der Waals surface area (Å²) in [4.78, 5) is 0. The molecule has 0 aromatic heterocycles. The molecule has 0 saturated heterocycles. The zero-order valence-corrected chi connectivity index (χ0v) is 5.84. The van der Waals surface area contributed by atoms with Crippen molar-refractivity contribution < 1.29 is 4.74 Å². The van der Waals surface area contributed by atoms with Gasteiger partial charge in [0.05, 0.1) is 0 Å². The van der Waals surface area contributed by atoms with Crippen LogP contribution < -0.4 is 0 Å². The van der Waals surface area contributed by atoms with Gasteiger partial charge in [-0.15, -0.1) is 0 Å². The van der Waals surface area contributed by atoms with Crippen LogP contribution in [0.25, 0.3) is 0 Å². The molecule has 1 aliphatic rings. The fraction of sp³-hybridized carbons (Fsp3) is 0.857. The van der Waals surface area contributed by atoms with Crippen LogP contribution in [0.4, 0.5) is 0 Å². The second-order valence-electron chi connectivity index (χ2n) is 2.54. The van der Waals surface area contributed by atoms with Crippen molar-refractivity contribution in [2.75, 3.05) is 0 Å². The van der Waals surface area contributed by atoms with Gasteiger partial charge in [0.2, 0.25) is 0 Å². The molecular weight excluding hydrogens is 114 g/mol. The molecule has 0 fully saturated rings. The van der Waals surface area contributed by atoms with Crippen molar-refractivity contribution in [1.29, 1.82) is 0 Å². The summed E-state index contributed by atoms with van der Waals surface area (Å²) >= 11 is 0. The van der Waals surface area contributed by atoms with Crippen molar-refractivity contribution in [2.45, 2.75) is 38.6 Å². The molecule has 0 bridgehead atoms. The minimum atomic E-state index is 0.277. The summed E-state index contributed by atoms with van der Waals surface area (Å²) in [6, 6.07) is 0.277. The van der Waals surface area contributed by atoms with Gasteiger partial charge in [-0.25, -0.2) is 4.74 Å². The van der Waals surface area contributed by atoms with E-state index in [1.165, 1.54) is 6.42 Å². The Morgan fingerprint density at radius 1 is 1.78 bits per heavy atom. The lowest BCUT2D eigenvalue weighted by molar-refractivity contribution is -0.503. The Morgan fingerprint density at radius 2 is 2.56 bits per heavy atom. The highest BCUT2D eigenvalue weighted by molar-refractivity contribution is 5.51. The Hall–Kier alpha value is -0.530. The SMILES string of the molecule is CCC1CCCC=[N+]1[O-]. The van der Waals surface area contributed by atoms with Crippen LogP contribution in [0, 0.1) is 5.21 Å². The van der Waals surface area contributed by atoms with Crippen molar-refractivity contribution in [3.8, 4) is 0 Å². The van der Waals surface area contributed by atoms with Gasteiger partial charge in [0.15, 0.2) is 12.3 Å². The molecule has 1 rings (SSSR count). The third kappa shape index (κ3) is 1.44. The summed E-state index contributed by atoms with van der Waals surface area (Å²) < 4.78 is 1.11. The van der Waals surface area contributed by atoms with Crippen LogP contribution in [-0.2, 0) is 0 Å². The van der Waals surface area contributed by atoms with Crippen molar-refractivity contribution >= 4 is 6.21 Å². The second kappa shape index (κ2) is 2.85. The first-order valence-corrected chi connectivity index (χ1v) is 3.63. The smallest absolute Gasteiger partial charge is 0.162 e. The molecule has 0 spiro atoms. The summed E-state index contributed by atoms with van der Waals surface area (Å²) in [6.07, 6.45) is 5.99. The third-order valence-electron chi connectivity index (χ3n) is 1.88. The van der Waals surface area contributed by atoms with Gasteiger partial charge in [-0.05, 0) is 6.42 Å². The molecule has 0 amide bonds. The minimum absolute atomic E-state index is 0.277. The molecule has 2 nitrogen and oxygen atoms in total. The molecule has 0 aromatic rings. The first-order valence-electron chi connectivity index (χ1n) is 3.63. The lowest BCUT2D eigenvalue weighted by Crippen LogP contribution is -2.25. The minimum Gasteiger partial charge on any atom is -0.624 e. The number of rotatable bonds is 1. The average molecular weight is 127 g/mol. The molecule has 0 N–H and O–H groups in total. The Bertz CT molecular complexity index is 120. The van der Waals surface area contributed by atoms with Crippen molar-refractivity contribution in [3.63, 3.8) is 0 Å². The van der Waals surface area contributed by atoms with E-state index in [1.807, 2.05) is 0 Å². The van der Waals surface area contributed by atoms with Crippen LogP contribution in [0.3, 0.4) is 0 Å². The summed E-state index contributed by atoms with van der Waals surface area (Å²) in [6.45, 7) is 2.06. The molecule has 0 aliphatic carbocycles. The summed E-state index contributed by atoms with van der Waals surface area (Å²) in [5.74, 6) is 0. The molecule has 9 heavy (non-hydrogen) atoms. The van der Waals surface area contributed by atoms with Crippen LogP contribution >= 0.6 is 0 Å². The molecule has 0 saturated carbocycles. The lowest BCUT2D eigenvalue weighted by atomic mass is 10.1. The third-order valence-corrected chi connectivity index (χ3v) is 1.88. The van der Waals surface area contributed by atoms with E-state index in [1.54, 1.807) is 6.21 Å². The van der Waals surface area contributed by atoms with Crippen LogP contribution in [0.1, 0.15) is 32.6 Å². The molecule has 1 atom stereocenters. The fourth-order valence-corrected chi connectivity index (χ4v) is 1.23. The first kappa shape index (κ1) is 6.59. The molecule has 1 unspecified atom stereocenters. The predicted octanol–water partition coefficient (Wildman–Crippen LogP) is 1.53. The van der Waals surface area contributed by atoms with E-state index in [2.05, 4.69) is 6.92 Å². The highest BCUT2D eigenvalue weighted by Gasteiger charge is 2.15. The molecular formula is C7H13NO. The van der Waals surface area contributed by atoms with Crippen LogP contribution in [0.5, 0.6) is 0 Å². The van der Waals surface area contributed by atoms with Crippen molar-refractivity contribution in [2.24, 2.45) is 0 Å². The molecule has 1 aliphatic heterocycles. The van der Waals surface area contributed by atoms with Crippen LogP contribution in [-0.4, -0.2) is 17.0 Å². The second-order valence-corrected chi connectivity index (χ2v) is 2.54. The van der Waals surface area contributed by atoms with Gasteiger partial charge in [0.25, 0.3) is 0 Å². The van der Waals surface area contributed by atoms with E-state index >= 15 is 0 Å². The van der Waals surface area contributed by atoms with Crippen molar-refractivity contribution in [3.05, 3.63) is 5.21 Å². The number of hydrogen-bond acceptors (Lipinski definition) is 1. The standard InChI is InChI=1S/C7H13NO/c1-2-7-5-3-4-6-8(7)9/h6-7H,2-5H2,1H3. The molecule has 0 radical (unpaired) electrons. The van der Waals surface area contributed by atoms with Gasteiger partial charge in [0.1, 0.15) is 0 Å². The topological polar surface area (TPSA) is 26.1 Å². The highest BCUT2D eigenvalue weighted by atomic mass is 16.5. The van der Waals surface area contributed by atoms with Gasteiger partial charge >= 0.3 is 0 Å². The van der Waals surface area contributed by atoms with Crippen LogP contribution in [0.15, 0.2) is 0 Å². The van der Waals surface area contributed by atoms with E-state index in [0.29, 0.717) is 0 Å². The highest BCUT2D eigenvalue weighted by Crippen LogP contribution is 2.10.